The first-order valence-corrected chi connectivity index (χ1v) is 5.98. The van der Waals surface area contributed by atoms with E-state index >= 15 is 0 Å². The zero-order valence-electron chi connectivity index (χ0n) is 11.3. The first-order valence-electron chi connectivity index (χ1n) is 5.98. The molecule has 0 saturated heterocycles. The Balaban J connectivity index is 2.46. The lowest BCUT2D eigenvalue weighted by Gasteiger charge is -2.03. The normalized spacial score (nSPS) is 10.8. The van der Waals surface area contributed by atoms with Crippen molar-refractivity contribution in [1.29, 1.82) is 0 Å². The molecule has 0 atom stereocenters. The molecule has 0 aliphatic heterocycles. The van der Waals surface area contributed by atoms with Crippen molar-refractivity contribution in [2.75, 3.05) is 7.11 Å². The minimum atomic E-state index is -1.09. The molecular formula is C13H11N3O6. The van der Waals surface area contributed by atoms with Crippen LogP contribution in [-0.2, 0) is 0 Å². The smallest absolute Gasteiger partial charge is 0.357 e. The van der Waals surface area contributed by atoms with Crippen LogP contribution < -0.4 is 16.0 Å². The maximum absolute atomic E-state index is 11.4. The van der Waals surface area contributed by atoms with Gasteiger partial charge in [0.05, 0.1) is 12.0 Å². The molecule has 0 amide bonds. The Bertz CT molecular complexity index is 865. The molecule has 9 nitrogen and oxygen atoms in total. The second-order valence-corrected chi connectivity index (χ2v) is 4.19. The molecule has 9 heteroatoms. The van der Waals surface area contributed by atoms with Crippen molar-refractivity contribution in [2.45, 2.75) is 0 Å². The number of hydrogen-bond donors (Lipinski definition) is 3. The number of aromatic amines is 2. The Labute approximate surface area is 122 Å². The highest BCUT2D eigenvalue weighted by Gasteiger charge is 2.18. The SMILES string of the molecule is COc1ccc(/C=C\c2[nH]c(=O)[nH]c(=O)c2[N+](=O)[O-])cc1O. The summed E-state index contributed by atoms with van der Waals surface area (Å²) in [6.07, 6.45) is 2.60. The monoisotopic (exact) mass is 305 g/mol. The number of nitro groups is 1. The second-order valence-electron chi connectivity index (χ2n) is 4.19. The van der Waals surface area contributed by atoms with Crippen LogP contribution in [0.1, 0.15) is 11.3 Å². The van der Waals surface area contributed by atoms with E-state index in [2.05, 4.69) is 4.98 Å². The van der Waals surface area contributed by atoms with Crippen LogP contribution >= 0.6 is 0 Å². The van der Waals surface area contributed by atoms with Crippen molar-refractivity contribution < 1.29 is 14.8 Å². The number of H-pyrrole nitrogens is 2. The van der Waals surface area contributed by atoms with E-state index in [0.29, 0.717) is 5.56 Å². The quantitative estimate of drug-likeness (QED) is 0.565. The van der Waals surface area contributed by atoms with E-state index < -0.39 is 21.9 Å². The predicted octanol–water partition coefficient (Wildman–Crippen LogP) is 0.856. The molecule has 3 N–H and O–H groups in total. The van der Waals surface area contributed by atoms with Gasteiger partial charge in [0.15, 0.2) is 11.5 Å². The van der Waals surface area contributed by atoms with Gasteiger partial charge in [-0.3, -0.25) is 19.9 Å². The number of hydrogen-bond acceptors (Lipinski definition) is 6. The molecule has 2 aromatic rings. The highest BCUT2D eigenvalue weighted by atomic mass is 16.6. The lowest BCUT2D eigenvalue weighted by atomic mass is 10.1. The summed E-state index contributed by atoms with van der Waals surface area (Å²) in [5.74, 6) is 0.159. The highest BCUT2D eigenvalue weighted by Crippen LogP contribution is 2.27. The third kappa shape index (κ3) is 3.03. The molecule has 0 unspecified atom stereocenters. The van der Waals surface area contributed by atoms with Gasteiger partial charge in [-0.15, -0.1) is 0 Å². The van der Waals surface area contributed by atoms with Gasteiger partial charge in [0.2, 0.25) is 0 Å². The maximum Gasteiger partial charge on any atom is 0.357 e. The maximum atomic E-state index is 11.4. The van der Waals surface area contributed by atoms with Crippen LogP contribution in [-0.4, -0.2) is 27.1 Å². The lowest BCUT2D eigenvalue weighted by Crippen LogP contribution is -2.25. The standard InChI is InChI=1S/C13H11N3O6/c1-22-10-5-3-7(6-9(10)17)2-4-8-11(16(20)21)12(18)15-13(19)14-8/h2-6,17H,1H3,(H2,14,15,18,19)/b4-2-. The van der Waals surface area contributed by atoms with E-state index in [1.807, 2.05) is 0 Å². The minimum absolute atomic E-state index is 0.112. The minimum Gasteiger partial charge on any atom is -0.504 e. The molecule has 0 bridgehead atoms. The van der Waals surface area contributed by atoms with Crippen LogP contribution in [0.25, 0.3) is 12.2 Å². The molecule has 0 saturated carbocycles. The number of ether oxygens (including phenoxy) is 1. The molecule has 0 fully saturated rings. The van der Waals surface area contributed by atoms with Gasteiger partial charge < -0.3 is 14.8 Å². The van der Waals surface area contributed by atoms with Crippen LogP contribution in [0.15, 0.2) is 27.8 Å². The molecule has 1 aromatic heterocycles. The van der Waals surface area contributed by atoms with Crippen LogP contribution in [0, 0.1) is 10.1 Å². The largest absolute Gasteiger partial charge is 0.504 e. The third-order valence-corrected chi connectivity index (χ3v) is 2.77. The van der Waals surface area contributed by atoms with Gasteiger partial charge in [-0.1, -0.05) is 12.1 Å². The van der Waals surface area contributed by atoms with Gasteiger partial charge in [0.1, 0.15) is 5.69 Å². The van der Waals surface area contributed by atoms with Crippen molar-refractivity contribution in [3.63, 3.8) is 0 Å². The van der Waals surface area contributed by atoms with Crippen molar-refractivity contribution in [3.05, 3.63) is 60.4 Å². The van der Waals surface area contributed by atoms with E-state index in [1.54, 1.807) is 11.1 Å². The Morgan fingerprint density at radius 3 is 2.59 bits per heavy atom. The van der Waals surface area contributed by atoms with Gasteiger partial charge in [-0.05, 0) is 23.8 Å². The number of nitrogens with one attached hydrogen (secondary N) is 2. The zero-order chi connectivity index (χ0) is 16.3. The Morgan fingerprint density at radius 1 is 1.27 bits per heavy atom. The number of aromatic hydroxyl groups is 1. The van der Waals surface area contributed by atoms with Crippen molar-refractivity contribution in [3.8, 4) is 11.5 Å². The molecule has 114 valence electrons. The Kier molecular flexibility index (Phi) is 4.07. The average Bonchev–Trinajstić information content (AvgIpc) is 2.44. The average molecular weight is 305 g/mol. The number of rotatable bonds is 4. The number of aromatic nitrogens is 2. The predicted molar refractivity (Wildman–Crippen MR) is 77.9 cm³/mol. The lowest BCUT2D eigenvalue weighted by molar-refractivity contribution is -0.386. The molecule has 0 aliphatic rings. The van der Waals surface area contributed by atoms with E-state index in [0.717, 1.165) is 0 Å². The molecule has 0 spiro atoms. The summed E-state index contributed by atoms with van der Waals surface area (Å²) in [5.41, 5.74) is -2.46. The Morgan fingerprint density at radius 2 is 2.00 bits per heavy atom. The summed E-state index contributed by atoms with van der Waals surface area (Å²) in [6.45, 7) is 0. The van der Waals surface area contributed by atoms with Crippen LogP contribution in [0.3, 0.4) is 0 Å². The number of nitrogens with zero attached hydrogens (tertiary/aromatic N) is 1. The summed E-state index contributed by atoms with van der Waals surface area (Å²) >= 11 is 0. The number of benzene rings is 1. The topological polar surface area (TPSA) is 138 Å². The number of phenols is 1. The zero-order valence-corrected chi connectivity index (χ0v) is 11.3. The summed E-state index contributed by atoms with van der Waals surface area (Å²) < 4.78 is 4.89. The third-order valence-electron chi connectivity index (χ3n) is 2.77. The molecule has 22 heavy (non-hydrogen) atoms. The number of phenolic OH excluding ortho intramolecular Hbond substituents is 1. The highest BCUT2D eigenvalue weighted by molar-refractivity contribution is 5.72. The number of methoxy groups -OCH3 is 1. The van der Waals surface area contributed by atoms with Gasteiger partial charge in [0, 0.05) is 0 Å². The Hall–Kier alpha value is -3.36. The van der Waals surface area contributed by atoms with Gasteiger partial charge in [-0.2, -0.15) is 0 Å². The van der Waals surface area contributed by atoms with Crippen LogP contribution in [0.5, 0.6) is 11.5 Å². The van der Waals surface area contributed by atoms with Crippen LogP contribution in [0.4, 0.5) is 5.69 Å². The van der Waals surface area contributed by atoms with Crippen molar-refractivity contribution in [1.82, 2.24) is 9.97 Å². The fourth-order valence-corrected chi connectivity index (χ4v) is 1.79. The molecule has 2 rings (SSSR count). The molecule has 1 heterocycles. The van der Waals surface area contributed by atoms with Crippen molar-refractivity contribution in [2.24, 2.45) is 0 Å². The second kappa shape index (κ2) is 5.95. The van der Waals surface area contributed by atoms with Gasteiger partial charge in [0.25, 0.3) is 0 Å². The fourth-order valence-electron chi connectivity index (χ4n) is 1.79. The van der Waals surface area contributed by atoms with Gasteiger partial charge >= 0.3 is 16.9 Å². The summed E-state index contributed by atoms with van der Waals surface area (Å²) in [6, 6.07) is 4.46. The first-order chi connectivity index (χ1) is 10.4. The molecular weight excluding hydrogens is 294 g/mol. The summed E-state index contributed by atoms with van der Waals surface area (Å²) in [5, 5.41) is 20.5. The van der Waals surface area contributed by atoms with E-state index in [9.17, 15) is 24.8 Å². The van der Waals surface area contributed by atoms with E-state index in [4.69, 9.17) is 4.74 Å². The first kappa shape index (κ1) is 15.0. The summed E-state index contributed by atoms with van der Waals surface area (Å²) in [4.78, 5) is 36.6. The fraction of sp³-hybridized carbons (Fsp3) is 0.0769. The van der Waals surface area contributed by atoms with E-state index in [-0.39, 0.29) is 17.2 Å². The molecule has 0 aliphatic carbocycles. The summed E-state index contributed by atoms with van der Waals surface area (Å²) in [7, 11) is 1.40. The van der Waals surface area contributed by atoms with Crippen LogP contribution in [0.2, 0.25) is 0 Å². The molecule has 1 aromatic carbocycles. The van der Waals surface area contributed by atoms with E-state index in [1.165, 1.54) is 31.4 Å². The van der Waals surface area contributed by atoms with Crippen molar-refractivity contribution >= 4 is 17.8 Å². The molecule has 0 radical (unpaired) electrons. The van der Waals surface area contributed by atoms with Gasteiger partial charge in [-0.25, -0.2) is 4.79 Å².